The Kier molecular flexibility index (Phi) is 17.7. The Morgan fingerprint density at radius 3 is 2.21 bits per heavy atom. The normalized spacial score (nSPS) is 8.88. The minimum absolute atomic E-state index is 0.492. The largest absolute Gasteiger partial charge is 0.478 e. The van der Waals surface area contributed by atoms with Crippen molar-refractivity contribution in [2.45, 2.75) is 67.2 Å². The molecular weight excluding hydrogens is 298 g/mol. The molecule has 1 heterocycles. The van der Waals surface area contributed by atoms with Crippen LogP contribution in [0.5, 0.6) is 5.88 Å². The Balaban J connectivity index is 0. The van der Waals surface area contributed by atoms with Crippen molar-refractivity contribution in [3.05, 3.63) is 12.1 Å². The van der Waals surface area contributed by atoms with Gasteiger partial charge in [0.05, 0.1) is 6.61 Å². The van der Waals surface area contributed by atoms with Crippen LogP contribution in [0.25, 0.3) is 0 Å². The molecule has 138 valence electrons. The van der Waals surface area contributed by atoms with Crippen LogP contribution < -0.4 is 15.4 Å². The number of terminal acetylenes is 1. The number of unbranched alkanes of at least 4 members (excludes halogenated alkanes) is 1. The molecule has 1 rings (SSSR count). The first kappa shape index (κ1) is 24.4. The first-order valence-corrected chi connectivity index (χ1v) is 9.30. The van der Waals surface area contributed by atoms with Gasteiger partial charge in [0.1, 0.15) is 5.82 Å². The van der Waals surface area contributed by atoms with Gasteiger partial charge in [-0.2, -0.15) is 4.98 Å². The van der Waals surface area contributed by atoms with E-state index in [1.807, 2.05) is 39.8 Å². The van der Waals surface area contributed by atoms with E-state index in [0.29, 0.717) is 24.7 Å². The third kappa shape index (κ3) is 10.8. The SMILES string of the molecule is C#CCCCOc1cc(N(CCC)CCC)cc(N)n1.CC.CC. The molecule has 0 aliphatic carbocycles. The van der Waals surface area contributed by atoms with E-state index in [2.05, 4.69) is 29.7 Å². The molecule has 24 heavy (non-hydrogen) atoms. The van der Waals surface area contributed by atoms with E-state index < -0.39 is 0 Å². The maximum Gasteiger partial charge on any atom is 0.217 e. The van der Waals surface area contributed by atoms with Crippen molar-refractivity contribution in [1.82, 2.24) is 4.98 Å². The Morgan fingerprint density at radius 1 is 1.12 bits per heavy atom. The monoisotopic (exact) mass is 335 g/mol. The summed E-state index contributed by atoms with van der Waals surface area (Å²) < 4.78 is 5.62. The van der Waals surface area contributed by atoms with Gasteiger partial charge in [0.15, 0.2) is 0 Å². The standard InChI is InChI=1S/C16H25N3O.2C2H6/c1-4-7-8-11-20-16-13-14(12-15(17)18-16)19(9-5-2)10-6-3;2*1-2/h1,12-13H,5-11H2,2-3H3,(H2,17,18);2*1-2H3. The van der Waals surface area contributed by atoms with Gasteiger partial charge in [-0.3, -0.25) is 0 Å². The second kappa shape index (κ2) is 17.5. The molecule has 0 fully saturated rings. The number of nitrogens with two attached hydrogens (primary N) is 1. The molecule has 0 radical (unpaired) electrons. The van der Waals surface area contributed by atoms with Crippen molar-refractivity contribution in [3.63, 3.8) is 0 Å². The van der Waals surface area contributed by atoms with Gasteiger partial charge >= 0.3 is 0 Å². The van der Waals surface area contributed by atoms with Gasteiger partial charge in [0.25, 0.3) is 0 Å². The van der Waals surface area contributed by atoms with Gasteiger partial charge in [0.2, 0.25) is 5.88 Å². The second-order valence-electron chi connectivity index (χ2n) is 4.73. The molecule has 0 saturated carbocycles. The van der Waals surface area contributed by atoms with Gasteiger partial charge in [-0.15, -0.1) is 12.3 Å². The number of aromatic nitrogens is 1. The lowest BCUT2D eigenvalue weighted by molar-refractivity contribution is 0.301. The van der Waals surface area contributed by atoms with Gasteiger partial charge in [-0.25, -0.2) is 0 Å². The smallest absolute Gasteiger partial charge is 0.217 e. The van der Waals surface area contributed by atoms with Crippen LogP contribution in [0.2, 0.25) is 0 Å². The highest BCUT2D eigenvalue weighted by molar-refractivity contribution is 5.55. The van der Waals surface area contributed by atoms with E-state index in [4.69, 9.17) is 16.9 Å². The van der Waals surface area contributed by atoms with Gasteiger partial charge in [0, 0.05) is 37.3 Å². The van der Waals surface area contributed by atoms with Gasteiger partial charge in [-0.1, -0.05) is 41.5 Å². The van der Waals surface area contributed by atoms with Crippen LogP contribution >= 0.6 is 0 Å². The van der Waals surface area contributed by atoms with Crippen molar-refractivity contribution in [3.8, 4) is 18.2 Å². The number of nitrogens with zero attached hydrogens (tertiary/aromatic N) is 2. The van der Waals surface area contributed by atoms with Crippen LogP contribution in [0.4, 0.5) is 11.5 Å². The maximum atomic E-state index is 5.87. The summed E-state index contributed by atoms with van der Waals surface area (Å²) in [5, 5.41) is 0. The zero-order valence-electron chi connectivity index (χ0n) is 16.6. The fourth-order valence-electron chi connectivity index (χ4n) is 2.03. The number of anilines is 2. The molecule has 0 saturated heterocycles. The summed E-state index contributed by atoms with van der Waals surface area (Å²) in [6.07, 6.45) is 8.95. The summed E-state index contributed by atoms with van der Waals surface area (Å²) in [6, 6.07) is 3.86. The van der Waals surface area contributed by atoms with E-state index in [9.17, 15) is 0 Å². The highest BCUT2D eigenvalue weighted by Gasteiger charge is 2.08. The van der Waals surface area contributed by atoms with Crippen LogP contribution in [0, 0.1) is 12.3 Å². The Morgan fingerprint density at radius 2 is 1.71 bits per heavy atom. The zero-order chi connectivity index (χ0) is 18.8. The summed E-state index contributed by atoms with van der Waals surface area (Å²) >= 11 is 0. The first-order valence-electron chi connectivity index (χ1n) is 9.30. The molecule has 0 atom stereocenters. The first-order chi connectivity index (χ1) is 11.7. The molecule has 0 bridgehead atoms. The van der Waals surface area contributed by atoms with E-state index in [1.54, 1.807) is 0 Å². The average Bonchev–Trinajstić information content (AvgIpc) is 2.61. The summed E-state index contributed by atoms with van der Waals surface area (Å²) in [5.41, 5.74) is 6.95. The predicted octanol–water partition coefficient (Wildman–Crippen LogP) is 5.13. The number of hydrogen-bond acceptors (Lipinski definition) is 4. The molecular formula is C20H37N3O. The third-order valence-electron chi connectivity index (χ3n) is 2.87. The van der Waals surface area contributed by atoms with Crippen LogP contribution in [-0.4, -0.2) is 24.7 Å². The second-order valence-corrected chi connectivity index (χ2v) is 4.73. The number of nitrogen functional groups attached to an aromatic ring is 1. The van der Waals surface area contributed by atoms with E-state index in [1.165, 1.54) is 0 Å². The van der Waals surface area contributed by atoms with Crippen LogP contribution in [0.15, 0.2) is 12.1 Å². The molecule has 0 aliphatic rings. The molecule has 0 spiro atoms. The van der Waals surface area contributed by atoms with Gasteiger partial charge in [-0.05, 0) is 19.3 Å². The number of hydrogen-bond donors (Lipinski definition) is 1. The molecule has 2 N–H and O–H groups in total. The number of rotatable bonds is 9. The molecule has 0 aliphatic heterocycles. The lowest BCUT2D eigenvalue weighted by Crippen LogP contribution is -2.25. The molecule has 4 heteroatoms. The highest BCUT2D eigenvalue weighted by Crippen LogP contribution is 2.23. The Labute approximate surface area is 149 Å². The van der Waals surface area contributed by atoms with E-state index in [0.717, 1.165) is 38.0 Å². The fraction of sp³-hybridized carbons (Fsp3) is 0.650. The summed E-state index contributed by atoms with van der Waals surface area (Å²) in [6.45, 7) is 14.9. The van der Waals surface area contributed by atoms with Crippen molar-refractivity contribution in [1.29, 1.82) is 0 Å². The van der Waals surface area contributed by atoms with E-state index >= 15 is 0 Å². The van der Waals surface area contributed by atoms with Crippen molar-refractivity contribution < 1.29 is 4.74 Å². The zero-order valence-corrected chi connectivity index (χ0v) is 16.6. The molecule has 0 unspecified atom stereocenters. The number of pyridine rings is 1. The highest BCUT2D eigenvalue weighted by atomic mass is 16.5. The third-order valence-corrected chi connectivity index (χ3v) is 2.87. The molecule has 4 nitrogen and oxygen atoms in total. The average molecular weight is 336 g/mol. The van der Waals surface area contributed by atoms with Gasteiger partial charge < -0.3 is 15.4 Å². The summed E-state index contributed by atoms with van der Waals surface area (Å²) in [7, 11) is 0. The maximum absolute atomic E-state index is 5.87. The minimum Gasteiger partial charge on any atom is -0.478 e. The Hall–Kier alpha value is -1.89. The molecule has 0 amide bonds. The molecule has 0 aromatic carbocycles. The quantitative estimate of drug-likeness (QED) is 0.502. The van der Waals surface area contributed by atoms with Crippen molar-refractivity contribution in [2.75, 3.05) is 30.3 Å². The number of ether oxygens (including phenoxy) is 1. The minimum atomic E-state index is 0.492. The Bertz CT molecular complexity index is 435. The fourth-order valence-corrected chi connectivity index (χ4v) is 2.03. The van der Waals surface area contributed by atoms with Crippen LogP contribution in [0.3, 0.4) is 0 Å². The lowest BCUT2D eigenvalue weighted by Gasteiger charge is -2.24. The lowest BCUT2D eigenvalue weighted by atomic mass is 10.3. The molecule has 1 aromatic heterocycles. The molecule has 1 aromatic rings. The van der Waals surface area contributed by atoms with Crippen molar-refractivity contribution >= 4 is 11.5 Å². The summed E-state index contributed by atoms with van der Waals surface area (Å²) in [4.78, 5) is 6.52. The van der Waals surface area contributed by atoms with Crippen molar-refractivity contribution in [2.24, 2.45) is 0 Å². The van der Waals surface area contributed by atoms with Crippen LogP contribution in [0.1, 0.15) is 67.2 Å². The predicted molar refractivity (Wildman–Crippen MR) is 108 cm³/mol. The van der Waals surface area contributed by atoms with Crippen LogP contribution in [-0.2, 0) is 0 Å². The van der Waals surface area contributed by atoms with E-state index in [-0.39, 0.29) is 0 Å². The summed E-state index contributed by atoms with van der Waals surface area (Å²) in [5.74, 6) is 3.67. The topological polar surface area (TPSA) is 51.4 Å².